The minimum absolute atomic E-state index is 0.0408. The first-order chi connectivity index (χ1) is 28.3. The molecule has 5 aromatic rings. The van der Waals surface area contributed by atoms with Gasteiger partial charge in [-0.1, -0.05) is 81.5 Å². The fourth-order valence-electron chi connectivity index (χ4n) is 4.65. The van der Waals surface area contributed by atoms with Gasteiger partial charge in [0, 0.05) is 22.6 Å². The Bertz CT molecular complexity index is 2340. The Balaban J connectivity index is 0.000000262. The molecule has 0 amide bonds. The number of carbonyl (C=O) groups excluding carboxylic acids is 4. The molecule has 16 nitrogen and oxygen atoms in total. The lowest BCUT2D eigenvalue weighted by Crippen LogP contribution is -2.15. The predicted octanol–water partition coefficient (Wildman–Crippen LogP) is 8.86. The minimum atomic E-state index is -0.933. The zero-order chi connectivity index (χ0) is 42.7. The van der Waals surface area contributed by atoms with Gasteiger partial charge in [-0.15, -0.1) is 20.2 Å². The number of thiocarbonyl (C=S) groups is 1. The first-order valence-corrected chi connectivity index (χ1v) is 20.2. The maximum Gasteiger partial charge on any atom is 0.347 e. The highest BCUT2D eigenvalue weighted by Crippen LogP contribution is 2.31. The van der Waals surface area contributed by atoms with E-state index >= 15 is 0 Å². The van der Waals surface area contributed by atoms with Crippen molar-refractivity contribution in [1.82, 2.24) is 0 Å². The first kappa shape index (κ1) is 45.2. The van der Waals surface area contributed by atoms with Crippen LogP contribution in [0.1, 0.15) is 58.9 Å². The number of ether oxygens (including phenoxy) is 4. The molecule has 0 aliphatic rings. The van der Waals surface area contributed by atoms with Gasteiger partial charge in [-0.3, -0.25) is 9.59 Å². The lowest BCUT2D eigenvalue weighted by Gasteiger charge is -2.10. The first-order valence-electron chi connectivity index (χ1n) is 17.2. The molecule has 0 aliphatic carbocycles. The van der Waals surface area contributed by atoms with Crippen molar-refractivity contribution in [3.8, 4) is 33.4 Å². The fraction of sp³-hybridized carbons (Fsp3) is 0.179. The maximum atomic E-state index is 12.6. The molecule has 0 unspecified atom stereocenters. The van der Waals surface area contributed by atoms with Crippen molar-refractivity contribution < 1.29 is 58.0 Å². The summed E-state index contributed by atoms with van der Waals surface area (Å²) in [4.78, 5) is 79.1. The molecule has 0 atom stereocenters. The molecule has 0 aliphatic heterocycles. The van der Waals surface area contributed by atoms with Crippen LogP contribution in [0, 0.1) is 24.1 Å². The van der Waals surface area contributed by atoms with Crippen LogP contribution in [-0.4, -0.2) is 52.1 Å². The summed E-state index contributed by atoms with van der Waals surface area (Å²) in [5.74, 6) is -1.91. The van der Waals surface area contributed by atoms with E-state index in [4.69, 9.17) is 43.4 Å². The Hall–Kier alpha value is -6.48. The molecule has 0 spiro atoms. The third kappa shape index (κ3) is 15.4. The van der Waals surface area contributed by atoms with Crippen LogP contribution < -0.4 is 18.9 Å². The standard InChI is InChI=1S/C20H15NO7S3.C19H17NO7S/c22-18(6-3-11-26-21(24)25)28-16-5-2-1-4-15(16)20(23)27-14-9-7-13(8-10-14)17-12-19(29)31-30-17;1-13(28)14-8-10-15(11-9-14)26-19(22)16-5-2-3-6-17(16)27-18(21)7-4-12-25-20(23)24/h1-2,4-5,7-10,12H,3,6,11H2;2-3,5-6,8-11H,4,7,12H2,1H3. The Labute approximate surface area is 353 Å². The zero-order valence-corrected chi connectivity index (χ0v) is 34.1. The van der Waals surface area contributed by atoms with Gasteiger partial charge in [0.2, 0.25) is 0 Å². The monoisotopic (exact) mass is 880 g/mol. The summed E-state index contributed by atoms with van der Waals surface area (Å²) in [6, 6.07) is 27.9. The molecule has 1 heterocycles. The molecule has 0 saturated heterocycles. The van der Waals surface area contributed by atoms with E-state index in [1.54, 1.807) is 77.9 Å². The second-order valence-electron chi connectivity index (χ2n) is 11.6. The van der Waals surface area contributed by atoms with Gasteiger partial charge in [0.1, 0.15) is 37.9 Å². The van der Waals surface area contributed by atoms with E-state index in [0.29, 0.717) is 11.5 Å². The quantitative estimate of drug-likeness (QED) is 0.0118. The predicted molar refractivity (Wildman–Crippen MR) is 221 cm³/mol. The van der Waals surface area contributed by atoms with E-state index in [2.05, 4.69) is 9.68 Å². The van der Waals surface area contributed by atoms with Crippen molar-refractivity contribution >= 4 is 73.9 Å². The number of carbonyl (C=O) groups is 4. The van der Waals surface area contributed by atoms with Crippen LogP contribution in [-0.2, 0) is 19.3 Å². The third-order valence-corrected chi connectivity index (χ3v) is 10.5. The van der Waals surface area contributed by atoms with Gasteiger partial charge in [0.05, 0.1) is 13.2 Å². The van der Waals surface area contributed by atoms with E-state index in [9.17, 15) is 39.4 Å². The lowest BCUT2D eigenvalue weighted by atomic mass is 10.1. The summed E-state index contributed by atoms with van der Waals surface area (Å²) in [6.07, 6.45) is 0.0126. The van der Waals surface area contributed by atoms with Crippen molar-refractivity contribution in [3.05, 3.63) is 144 Å². The number of hydrogen-bond donors (Lipinski definition) is 0. The average molecular weight is 881 g/mol. The number of para-hydroxylation sites is 2. The average Bonchev–Trinajstić information content (AvgIpc) is 3.65. The molecule has 20 heteroatoms. The number of nitrogens with zero attached hydrogens (tertiary/aromatic N) is 2. The summed E-state index contributed by atoms with van der Waals surface area (Å²) >= 11 is 10.2. The van der Waals surface area contributed by atoms with Crippen molar-refractivity contribution in [2.75, 3.05) is 13.2 Å². The fourth-order valence-corrected chi connectivity index (χ4v) is 7.19. The Morgan fingerprint density at radius 1 is 0.627 bits per heavy atom. The van der Waals surface area contributed by atoms with Crippen LogP contribution in [0.3, 0.4) is 0 Å². The number of rotatable bonds is 18. The summed E-state index contributed by atoms with van der Waals surface area (Å²) in [7, 11) is 3.09. The van der Waals surface area contributed by atoms with Gasteiger partial charge in [-0.25, -0.2) is 9.59 Å². The summed E-state index contributed by atoms with van der Waals surface area (Å²) in [5, 5.41) is 18.3. The van der Waals surface area contributed by atoms with Crippen LogP contribution in [0.25, 0.3) is 10.4 Å². The molecule has 5 rings (SSSR count). The molecule has 0 bridgehead atoms. The van der Waals surface area contributed by atoms with Crippen LogP contribution in [0.15, 0.2) is 103 Å². The summed E-state index contributed by atoms with van der Waals surface area (Å²) in [5.41, 5.74) is 1.97. The highest BCUT2D eigenvalue weighted by atomic mass is 32.9. The van der Waals surface area contributed by atoms with Crippen molar-refractivity contribution in [3.63, 3.8) is 0 Å². The van der Waals surface area contributed by atoms with Crippen molar-refractivity contribution in [1.29, 1.82) is 0 Å². The lowest BCUT2D eigenvalue weighted by molar-refractivity contribution is -0.757. The Morgan fingerprint density at radius 2 is 1.07 bits per heavy atom. The van der Waals surface area contributed by atoms with Crippen LogP contribution in [0.5, 0.6) is 23.0 Å². The Morgan fingerprint density at radius 3 is 1.47 bits per heavy atom. The topological polar surface area (TPSA) is 210 Å². The van der Waals surface area contributed by atoms with Gasteiger partial charge in [-0.05, 0) is 97.6 Å². The maximum absolute atomic E-state index is 12.6. The molecule has 59 heavy (non-hydrogen) atoms. The van der Waals surface area contributed by atoms with Gasteiger partial charge in [0.25, 0.3) is 10.2 Å². The molecular formula is C39H32N2O14S4. The Kier molecular flexibility index (Phi) is 17.7. The largest absolute Gasteiger partial charge is 0.426 e. The smallest absolute Gasteiger partial charge is 0.347 e. The highest BCUT2D eigenvalue weighted by Gasteiger charge is 2.19. The molecule has 0 N–H and O–H groups in total. The minimum Gasteiger partial charge on any atom is -0.426 e. The molecule has 0 saturated carbocycles. The number of benzene rings is 4. The van der Waals surface area contributed by atoms with E-state index < -0.39 is 34.1 Å². The van der Waals surface area contributed by atoms with Crippen LogP contribution in [0.2, 0.25) is 0 Å². The van der Waals surface area contributed by atoms with E-state index in [1.807, 2.05) is 18.2 Å². The van der Waals surface area contributed by atoms with Gasteiger partial charge < -0.3 is 28.6 Å². The summed E-state index contributed by atoms with van der Waals surface area (Å²) in [6.45, 7) is 1.36. The van der Waals surface area contributed by atoms with E-state index in [0.717, 1.165) is 24.7 Å². The molecule has 0 radical (unpaired) electrons. The normalized spacial score (nSPS) is 10.2. The zero-order valence-electron chi connectivity index (χ0n) is 30.8. The molecule has 306 valence electrons. The second kappa shape index (κ2) is 23.1. The summed E-state index contributed by atoms with van der Waals surface area (Å²) < 4.78 is 21.9. The molecule has 1 aromatic heterocycles. The van der Waals surface area contributed by atoms with Gasteiger partial charge in [-0.2, -0.15) is 0 Å². The van der Waals surface area contributed by atoms with Gasteiger partial charge in [0.15, 0.2) is 0 Å². The molecule has 4 aromatic carbocycles. The van der Waals surface area contributed by atoms with Crippen LogP contribution in [0.4, 0.5) is 0 Å². The number of hydrogen-bond acceptors (Lipinski definition) is 18. The third-order valence-electron chi connectivity index (χ3n) is 7.39. The SMILES string of the molecule is CC(=S)c1ccc(OC(=O)c2ccccc2OC(=O)CCCO[N+](=O)[O-])cc1.O=C(CCCO[N+](=O)[O-])Oc1ccccc1C(=O)Oc1ccc(-c2cc(=S)ss2)cc1. The van der Waals surface area contributed by atoms with Crippen molar-refractivity contribution in [2.45, 2.75) is 32.6 Å². The molecule has 0 fully saturated rings. The van der Waals surface area contributed by atoms with Crippen LogP contribution >= 0.6 is 45.1 Å². The van der Waals surface area contributed by atoms with E-state index in [-0.39, 0.29) is 61.5 Å². The van der Waals surface area contributed by atoms with Gasteiger partial charge >= 0.3 is 23.9 Å². The number of esters is 4. The van der Waals surface area contributed by atoms with E-state index in [1.165, 1.54) is 34.6 Å². The highest BCUT2D eigenvalue weighted by molar-refractivity contribution is 7.80. The second-order valence-corrected chi connectivity index (χ2v) is 15.2. The van der Waals surface area contributed by atoms with Crippen molar-refractivity contribution in [2.24, 2.45) is 0 Å². The molecular weight excluding hydrogens is 849 g/mol.